The molecule has 3 aromatic carbocycles. The third kappa shape index (κ3) is 5.31. The van der Waals surface area contributed by atoms with Crippen LogP contribution in [0.5, 0.6) is 5.75 Å². The van der Waals surface area contributed by atoms with E-state index in [9.17, 15) is 9.59 Å². The maximum atomic E-state index is 13.3. The Morgan fingerprint density at radius 1 is 1.00 bits per heavy atom. The molecule has 0 aliphatic carbocycles. The van der Waals surface area contributed by atoms with Crippen molar-refractivity contribution in [3.63, 3.8) is 0 Å². The molecule has 6 nitrogen and oxygen atoms in total. The molecule has 5 rings (SSSR count). The Labute approximate surface area is 215 Å². The largest absolute Gasteiger partial charge is 0.497 e. The lowest BCUT2D eigenvalue weighted by Crippen LogP contribution is -2.32. The van der Waals surface area contributed by atoms with Crippen LogP contribution in [-0.2, 0) is 9.59 Å². The number of thioether (sulfide) groups is 1. The number of amides is 2. The number of nitrogens with zero attached hydrogens (tertiary/aromatic N) is 2. The first-order valence-electron chi connectivity index (χ1n) is 12.2. The first-order valence-corrected chi connectivity index (χ1v) is 13.2. The molecule has 0 spiro atoms. The quantitative estimate of drug-likeness (QED) is 0.466. The minimum Gasteiger partial charge on any atom is -0.497 e. The van der Waals surface area contributed by atoms with Crippen LogP contribution in [-0.4, -0.2) is 35.4 Å². The van der Waals surface area contributed by atoms with Crippen molar-refractivity contribution < 1.29 is 14.3 Å². The van der Waals surface area contributed by atoms with Crippen molar-refractivity contribution in [1.29, 1.82) is 0 Å². The maximum Gasteiger partial charge on any atom is 0.243 e. The van der Waals surface area contributed by atoms with E-state index in [4.69, 9.17) is 9.84 Å². The van der Waals surface area contributed by atoms with Crippen molar-refractivity contribution in [1.82, 2.24) is 10.3 Å². The number of hydrazone groups is 1. The number of methoxy groups -OCH3 is 1. The zero-order valence-corrected chi connectivity index (χ0v) is 21.0. The standard InChI is InChI=1S/C29H29N3O3S/c1-35-22-13-11-21(12-14-22)26-19-25(20-7-3-2-4-8-20)31-32(26)29(34)16-15-28(33)30-24-17-18-36-27-10-6-5-9-23(24)27/h2-14,24,26H,15-19H2,1H3,(H,30,33). The number of carbonyl (C=O) groups excluding carboxylic acids is 2. The van der Waals surface area contributed by atoms with E-state index < -0.39 is 0 Å². The van der Waals surface area contributed by atoms with Crippen LogP contribution in [0.15, 0.2) is 88.9 Å². The van der Waals surface area contributed by atoms with Gasteiger partial charge in [-0.1, -0.05) is 60.7 Å². The molecule has 184 valence electrons. The number of rotatable bonds is 7. The minimum atomic E-state index is -0.219. The van der Waals surface area contributed by atoms with Gasteiger partial charge in [0.25, 0.3) is 0 Å². The summed E-state index contributed by atoms with van der Waals surface area (Å²) in [6, 6.07) is 25.6. The van der Waals surface area contributed by atoms with Crippen molar-refractivity contribution in [2.75, 3.05) is 12.9 Å². The summed E-state index contributed by atoms with van der Waals surface area (Å²) in [5, 5.41) is 9.41. The maximum absolute atomic E-state index is 13.3. The number of ether oxygens (including phenoxy) is 1. The van der Waals surface area contributed by atoms with Gasteiger partial charge in [-0.05, 0) is 41.3 Å². The van der Waals surface area contributed by atoms with Crippen LogP contribution >= 0.6 is 11.8 Å². The second-order valence-electron chi connectivity index (χ2n) is 8.94. The molecule has 0 radical (unpaired) electrons. The van der Waals surface area contributed by atoms with Gasteiger partial charge < -0.3 is 10.1 Å². The number of benzene rings is 3. The van der Waals surface area contributed by atoms with Gasteiger partial charge in [-0.15, -0.1) is 11.8 Å². The molecule has 2 aliphatic rings. The Morgan fingerprint density at radius 3 is 2.53 bits per heavy atom. The summed E-state index contributed by atoms with van der Waals surface area (Å²) in [5.74, 6) is 1.46. The van der Waals surface area contributed by atoms with Gasteiger partial charge in [0.1, 0.15) is 5.75 Å². The normalized spacial score (nSPS) is 18.8. The summed E-state index contributed by atoms with van der Waals surface area (Å²) in [7, 11) is 1.63. The van der Waals surface area contributed by atoms with E-state index in [2.05, 4.69) is 17.4 Å². The van der Waals surface area contributed by atoms with E-state index in [1.54, 1.807) is 12.1 Å². The highest BCUT2D eigenvalue weighted by atomic mass is 32.2. The zero-order valence-electron chi connectivity index (χ0n) is 20.2. The summed E-state index contributed by atoms with van der Waals surface area (Å²) < 4.78 is 5.29. The van der Waals surface area contributed by atoms with Crippen molar-refractivity contribution in [2.24, 2.45) is 5.10 Å². The van der Waals surface area contributed by atoms with E-state index in [-0.39, 0.29) is 36.7 Å². The molecule has 36 heavy (non-hydrogen) atoms. The Balaban J connectivity index is 1.28. The highest BCUT2D eigenvalue weighted by Crippen LogP contribution is 2.36. The fourth-order valence-electron chi connectivity index (χ4n) is 4.72. The average molecular weight is 500 g/mol. The second kappa shape index (κ2) is 11.0. The summed E-state index contributed by atoms with van der Waals surface area (Å²) in [5.41, 5.74) is 4.01. The lowest BCUT2D eigenvalue weighted by molar-refractivity contribution is -0.135. The summed E-state index contributed by atoms with van der Waals surface area (Å²) in [6.07, 6.45) is 1.74. The molecule has 7 heteroatoms. The molecule has 3 aromatic rings. The number of fused-ring (bicyclic) bond motifs is 1. The molecule has 0 aromatic heterocycles. The van der Waals surface area contributed by atoms with E-state index in [0.717, 1.165) is 40.3 Å². The van der Waals surface area contributed by atoms with Crippen molar-refractivity contribution in [2.45, 2.75) is 42.7 Å². The summed E-state index contributed by atoms with van der Waals surface area (Å²) >= 11 is 1.82. The van der Waals surface area contributed by atoms with Crippen LogP contribution in [0, 0.1) is 0 Å². The van der Waals surface area contributed by atoms with Crippen LogP contribution in [0.25, 0.3) is 0 Å². The van der Waals surface area contributed by atoms with Gasteiger partial charge in [0, 0.05) is 29.9 Å². The van der Waals surface area contributed by atoms with Gasteiger partial charge in [-0.2, -0.15) is 5.10 Å². The first kappa shape index (κ1) is 24.1. The third-order valence-electron chi connectivity index (χ3n) is 6.63. The Bertz CT molecular complexity index is 1260. The lowest BCUT2D eigenvalue weighted by Gasteiger charge is -2.26. The van der Waals surface area contributed by atoms with Crippen molar-refractivity contribution in [3.8, 4) is 5.75 Å². The molecule has 0 saturated carbocycles. The van der Waals surface area contributed by atoms with Gasteiger partial charge in [0.05, 0.1) is 24.9 Å². The summed E-state index contributed by atoms with van der Waals surface area (Å²) in [6.45, 7) is 0. The molecule has 0 bridgehead atoms. The topological polar surface area (TPSA) is 71.0 Å². The Morgan fingerprint density at radius 2 is 1.75 bits per heavy atom. The van der Waals surface area contributed by atoms with E-state index >= 15 is 0 Å². The van der Waals surface area contributed by atoms with Gasteiger partial charge in [-0.3, -0.25) is 9.59 Å². The Hall–Kier alpha value is -3.58. The van der Waals surface area contributed by atoms with Gasteiger partial charge in [-0.25, -0.2) is 5.01 Å². The van der Waals surface area contributed by atoms with Crippen molar-refractivity contribution in [3.05, 3.63) is 95.6 Å². The van der Waals surface area contributed by atoms with Gasteiger partial charge in [0.15, 0.2) is 0 Å². The predicted octanol–water partition coefficient (Wildman–Crippen LogP) is 5.51. The number of carbonyl (C=O) groups is 2. The SMILES string of the molecule is COc1ccc(C2CC(c3ccccc3)=NN2C(=O)CCC(=O)NC2CCSc3ccccc32)cc1. The second-order valence-corrected chi connectivity index (χ2v) is 10.1. The highest BCUT2D eigenvalue weighted by molar-refractivity contribution is 7.99. The predicted molar refractivity (Wildman–Crippen MR) is 142 cm³/mol. The average Bonchev–Trinajstić information content (AvgIpc) is 3.38. The molecular weight excluding hydrogens is 470 g/mol. The monoisotopic (exact) mass is 499 g/mol. The number of hydrogen-bond donors (Lipinski definition) is 1. The van der Waals surface area contributed by atoms with Crippen LogP contribution in [0.3, 0.4) is 0 Å². The zero-order chi connectivity index (χ0) is 24.9. The molecule has 2 aliphatic heterocycles. The van der Waals surface area contributed by atoms with E-state index in [1.807, 2.05) is 78.5 Å². The minimum absolute atomic E-state index is 0.00779. The van der Waals surface area contributed by atoms with Crippen LogP contribution < -0.4 is 10.1 Å². The fraction of sp³-hybridized carbons (Fsp3) is 0.276. The molecule has 2 amide bonds. The molecule has 2 heterocycles. The molecule has 2 atom stereocenters. The highest BCUT2D eigenvalue weighted by Gasteiger charge is 2.33. The van der Waals surface area contributed by atoms with E-state index in [1.165, 1.54) is 4.90 Å². The molecular formula is C29H29N3O3S. The van der Waals surface area contributed by atoms with Crippen LogP contribution in [0.4, 0.5) is 0 Å². The molecule has 0 saturated heterocycles. The third-order valence-corrected chi connectivity index (χ3v) is 7.76. The Kier molecular flexibility index (Phi) is 7.37. The lowest BCUT2D eigenvalue weighted by atomic mass is 9.98. The fourth-order valence-corrected chi connectivity index (χ4v) is 5.85. The molecule has 2 unspecified atom stereocenters. The molecule has 1 N–H and O–H groups in total. The summed E-state index contributed by atoms with van der Waals surface area (Å²) in [4.78, 5) is 27.4. The van der Waals surface area contributed by atoms with Gasteiger partial charge in [0.2, 0.25) is 11.8 Å². The number of hydrogen-bond acceptors (Lipinski definition) is 5. The van der Waals surface area contributed by atoms with Gasteiger partial charge >= 0.3 is 0 Å². The van der Waals surface area contributed by atoms with Crippen LogP contribution in [0.1, 0.15) is 54.5 Å². The van der Waals surface area contributed by atoms with Crippen molar-refractivity contribution >= 4 is 29.3 Å². The van der Waals surface area contributed by atoms with E-state index in [0.29, 0.717) is 6.42 Å². The first-order chi connectivity index (χ1) is 17.6. The number of nitrogens with one attached hydrogen (secondary N) is 1. The molecule has 0 fully saturated rings. The van der Waals surface area contributed by atoms with Crippen LogP contribution in [0.2, 0.25) is 0 Å². The smallest absolute Gasteiger partial charge is 0.243 e.